The van der Waals surface area contributed by atoms with E-state index in [0.29, 0.717) is 11.8 Å². The molecule has 4 heteroatoms. The number of hydrogen-bond donors (Lipinski definition) is 0. The van der Waals surface area contributed by atoms with E-state index in [-0.39, 0.29) is 5.92 Å². The van der Waals surface area contributed by atoms with Crippen LogP contribution in [0, 0.1) is 11.8 Å². The summed E-state index contributed by atoms with van der Waals surface area (Å²) in [4.78, 5) is 0. The Hall–Kier alpha value is -1.06. The standard InChI is InChI=1S/C29H29Si.2ClH.Hf/c1-18(2)26-25(30(4)5)16-10-11-20-17-19(3)27(28(20)26)29-23-14-8-6-12-21(23)22-13-7-9-15-24(22)29;;;/h6-16,18,26,29H,1-5H3;2*1H;/q;;;+2/p-2. The summed E-state index contributed by atoms with van der Waals surface area (Å²) in [7, 11) is 13.1. The minimum absolute atomic E-state index is 0.233. The number of rotatable bonds is 3. The molecule has 1 unspecified atom stereocenters. The molecule has 2 aromatic carbocycles. The van der Waals surface area contributed by atoms with Crippen molar-refractivity contribution in [3.8, 4) is 11.1 Å². The maximum atomic E-state index is 6.88. The van der Waals surface area contributed by atoms with Crippen LogP contribution in [0.15, 0.2) is 92.4 Å². The van der Waals surface area contributed by atoms with Crippen LogP contribution in [0.1, 0.15) is 37.8 Å². The summed E-state index contributed by atoms with van der Waals surface area (Å²) in [6.45, 7) is 11.9. The Morgan fingerprint density at radius 1 is 0.879 bits per heavy atom. The fourth-order valence-corrected chi connectivity index (χ4v) is 14.6. The molecule has 3 aliphatic rings. The Bertz CT molecular complexity index is 1260. The molecule has 0 saturated carbocycles. The van der Waals surface area contributed by atoms with Gasteiger partial charge in [0.2, 0.25) is 0 Å². The third kappa shape index (κ3) is 3.77. The van der Waals surface area contributed by atoms with Gasteiger partial charge in [-0.1, -0.05) is 0 Å². The van der Waals surface area contributed by atoms with E-state index < -0.39 is 27.5 Å². The van der Waals surface area contributed by atoms with E-state index in [0.717, 1.165) is 0 Å². The van der Waals surface area contributed by atoms with Gasteiger partial charge in [-0.15, -0.1) is 0 Å². The first-order valence-corrected chi connectivity index (χ1v) is 24.9. The molecule has 0 aliphatic heterocycles. The molecular weight excluding hydrogens is 626 g/mol. The van der Waals surface area contributed by atoms with E-state index in [1.165, 1.54) is 47.9 Å². The summed E-state index contributed by atoms with van der Waals surface area (Å²) < 4.78 is 1.30. The van der Waals surface area contributed by atoms with Crippen molar-refractivity contribution in [3.05, 3.63) is 104 Å². The van der Waals surface area contributed by atoms with Gasteiger partial charge in [-0.3, -0.25) is 0 Å². The summed E-state index contributed by atoms with van der Waals surface area (Å²) in [5, 5.41) is 1.61. The first-order chi connectivity index (χ1) is 15.8. The first kappa shape index (κ1) is 23.7. The number of fused-ring (bicyclic) bond motifs is 4. The Morgan fingerprint density at radius 2 is 1.45 bits per heavy atom. The van der Waals surface area contributed by atoms with Crippen LogP contribution in [-0.2, 0) is 19.1 Å². The van der Waals surface area contributed by atoms with Gasteiger partial charge >= 0.3 is 216 Å². The molecule has 167 valence electrons. The molecule has 0 aromatic heterocycles. The molecule has 0 fully saturated rings. The average Bonchev–Trinajstić information content (AvgIpc) is 3.15. The van der Waals surface area contributed by atoms with Gasteiger partial charge in [0.15, 0.2) is 0 Å². The zero-order chi connectivity index (χ0) is 23.4. The third-order valence-corrected chi connectivity index (χ3v) is 15.8. The number of benzene rings is 2. The van der Waals surface area contributed by atoms with Crippen LogP contribution in [0.5, 0.6) is 0 Å². The van der Waals surface area contributed by atoms with E-state index in [4.69, 9.17) is 17.2 Å². The molecule has 3 aliphatic carbocycles. The molecule has 0 heterocycles. The summed E-state index contributed by atoms with van der Waals surface area (Å²) in [6.07, 6.45) is 6.97. The summed E-state index contributed by atoms with van der Waals surface area (Å²) in [6, 6.07) is 17.9. The van der Waals surface area contributed by atoms with Crippen molar-refractivity contribution < 1.29 is 19.1 Å². The normalized spacial score (nSPS) is 19.6. The van der Waals surface area contributed by atoms with Gasteiger partial charge in [0.25, 0.3) is 0 Å². The molecule has 0 nitrogen and oxygen atoms in total. The molecule has 5 rings (SSSR count). The van der Waals surface area contributed by atoms with Crippen LogP contribution in [0.4, 0.5) is 0 Å². The van der Waals surface area contributed by atoms with Gasteiger partial charge in [0.1, 0.15) is 0 Å². The van der Waals surface area contributed by atoms with Crippen LogP contribution in [0.3, 0.4) is 0 Å². The third-order valence-electron chi connectivity index (χ3n) is 7.37. The minimum atomic E-state index is -2.89. The van der Waals surface area contributed by atoms with Gasteiger partial charge < -0.3 is 0 Å². The fraction of sp³-hybridized carbons (Fsp3) is 0.276. The van der Waals surface area contributed by atoms with Crippen molar-refractivity contribution >= 4 is 30.7 Å². The predicted octanol–water partition coefficient (Wildman–Crippen LogP) is 8.59. The van der Waals surface area contributed by atoms with Gasteiger partial charge in [0.05, 0.1) is 0 Å². The Labute approximate surface area is 214 Å². The van der Waals surface area contributed by atoms with Gasteiger partial charge in [0, 0.05) is 0 Å². The first-order valence-electron chi connectivity index (χ1n) is 11.7. The summed E-state index contributed by atoms with van der Waals surface area (Å²) in [5.74, 6) is 1.15. The molecule has 0 radical (unpaired) electrons. The van der Waals surface area contributed by atoms with Crippen molar-refractivity contribution in [1.82, 2.24) is 0 Å². The number of hydrogen-bond acceptors (Lipinski definition) is 0. The van der Waals surface area contributed by atoms with Gasteiger partial charge in [-0.2, -0.15) is 0 Å². The second-order valence-electron chi connectivity index (χ2n) is 9.81. The summed E-state index contributed by atoms with van der Waals surface area (Å²) in [5.41, 5.74) is 11.2. The zero-order valence-corrected chi connectivity index (χ0v) is 25.9. The van der Waals surface area contributed by atoms with E-state index in [2.05, 4.69) is 101 Å². The van der Waals surface area contributed by atoms with Crippen LogP contribution < -0.4 is 0 Å². The van der Waals surface area contributed by atoms with Crippen molar-refractivity contribution in [2.45, 2.75) is 39.8 Å². The second kappa shape index (κ2) is 9.19. The Balaban J connectivity index is 1.88. The Morgan fingerprint density at radius 3 is 1.97 bits per heavy atom. The van der Waals surface area contributed by atoms with Crippen LogP contribution in [-0.4, -0.2) is 13.6 Å². The molecule has 2 aromatic rings. The van der Waals surface area contributed by atoms with Crippen molar-refractivity contribution in [3.63, 3.8) is 0 Å². The molecule has 0 bridgehead atoms. The average molecular weight is 655 g/mol. The van der Waals surface area contributed by atoms with E-state index in [9.17, 15) is 0 Å². The zero-order valence-electron chi connectivity index (χ0n) is 19.8. The fourth-order valence-electron chi connectivity index (χ4n) is 6.09. The molecule has 0 spiro atoms. The molecule has 1 atom stereocenters. The Kier molecular flexibility index (Phi) is 6.59. The van der Waals surface area contributed by atoms with Gasteiger partial charge in [-0.25, -0.2) is 0 Å². The topological polar surface area (TPSA) is 0 Å². The second-order valence-corrected chi connectivity index (χ2v) is 23.8. The van der Waals surface area contributed by atoms with Crippen molar-refractivity contribution in [1.29, 1.82) is 0 Å². The molecule has 0 saturated heterocycles. The number of allylic oxidation sites excluding steroid dienone is 8. The molecule has 33 heavy (non-hydrogen) atoms. The monoisotopic (exact) mass is 655 g/mol. The van der Waals surface area contributed by atoms with Crippen molar-refractivity contribution in [2.75, 3.05) is 0 Å². The SMILES string of the molecule is CC1=[C]([Hf]([Cl])[Cl])C2=CC=CC(=[Si](C)C)C(C(C)C)C2=C1C1c2ccccc2-c2ccccc21. The number of halogens is 2. The molecule has 0 N–H and O–H groups in total. The van der Waals surface area contributed by atoms with Crippen molar-refractivity contribution in [2.24, 2.45) is 11.8 Å². The molecule has 0 amide bonds. The maximum absolute atomic E-state index is 6.88. The van der Waals surface area contributed by atoms with Crippen LogP contribution in [0.2, 0.25) is 13.1 Å². The van der Waals surface area contributed by atoms with Crippen LogP contribution in [0.25, 0.3) is 11.1 Å². The van der Waals surface area contributed by atoms with Crippen LogP contribution >= 0.6 is 17.2 Å². The van der Waals surface area contributed by atoms with E-state index in [1.54, 1.807) is 5.17 Å². The predicted molar refractivity (Wildman–Crippen MR) is 143 cm³/mol. The van der Waals surface area contributed by atoms with Gasteiger partial charge in [-0.05, 0) is 0 Å². The quantitative estimate of drug-likeness (QED) is 0.291. The van der Waals surface area contributed by atoms with E-state index >= 15 is 0 Å². The summed E-state index contributed by atoms with van der Waals surface area (Å²) >= 11 is -2.89. The van der Waals surface area contributed by atoms with E-state index in [1.807, 2.05) is 0 Å². The molecular formula is C29H29Cl2HfSi.